The molecule has 0 radical (unpaired) electrons. The number of benzene rings is 1. The van der Waals surface area contributed by atoms with E-state index in [1.54, 1.807) is 7.11 Å². The lowest BCUT2D eigenvalue weighted by Gasteiger charge is -2.13. The molecule has 2 N–H and O–H groups in total. The van der Waals surface area contributed by atoms with E-state index in [1.165, 1.54) is 12.1 Å². The first-order valence-corrected chi connectivity index (χ1v) is 5.96. The third-order valence-electron chi connectivity index (χ3n) is 2.44. The Kier molecular flexibility index (Phi) is 6.38. The zero-order valence-corrected chi connectivity index (χ0v) is 11.0. The molecule has 0 spiro atoms. The van der Waals surface area contributed by atoms with E-state index in [2.05, 4.69) is 10.6 Å². The van der Waals surface area contributed by atoms with Gasteiger partial charge in [-0.05, 0) is 13.0 Å². The Labute approximate surface area is 111 Å². The fraction of sp³-hybridized carbons (Fsp3) is 0.462. The van der Waals surface area contributed by atoms with Crippen LogP contribution in [0.2, 0.25) is 0 Å². The van der Waals surface area contributed by atoms with Gasteiger partial charge >= 0.3 is 0 Å². The lowest BCUT2D eigenvalue weighted by atomic mass is 10.2. The maximum Gasteiger partial charge on any atom is 0.234 e. The zero-order valence-electron chi connectivity index (χ0n) is 11.0. The van der Waals surface area contributed by atoms with E-state index in [1.807, 2.05) is 6.92 Å². The summed E-state index contributed by atoms with van der Waals surface area (Å²) in [5, 5.41) is 5.50. The van der Waals surface area contributed by atoms with Crippen LogP contribution in [-0.2, 0) is 16.1 Å². The van der Waals surface area contributed by atoms with Crippen LogP contribution in [-0.4, -0.2) is 32.2 Å². The highest BCUT2D eigenvalue weighted by atomic mass is 19.1. The summed E-state index contributed by atoms with van der Waals surface area (Å²) in [6.07, 6.45) is 0. The summed E-state index contributed by atoms with van der Waals surface area (Å²) >= 11 is 0. The monoisotopic (exact) mass is 272 g/mol. The molecule has 1 atom stereocenters. The maximum atomic E-state index is 13.3. The second kappa shape index (κ2) is 7.81. The fourth-order valence-corrected chi connectivity index (χ4v) is 1.59. The molecule has 1 rings (SSSR count). The van der Waals surface area contributed by atoms with E-state index < -0.39 is 11.6 Å². The first kappa shape index (κ1) is 15.5. The van der Waals surface area contributed by atoms with Crippen molar-refractivity contribution >= 4 is 5.91 Å². The van der Waals surface area contributed by atoms with E-state index >= 15 is 0 Å². The average molecular weight is 272 g/mol. The molecule has 0 aromatic heterocycles. The number of nitrogens with one attached hydrogen (secondary N) is 2. The minimum Gasteiger partial charge on any atom is -0.383 e. The lowest BCUT2D eigenvalue weighted by molar-refractivity contribution is -0.121. The summed E-state index contributed by atoms with van der Waals surface area (Å²) in [6.45, 7) is 2.47. The van der Waals surface area contributed by atoms with E-state index in [0.717, 1.165) is 6.07 Å². The summed E-state index contributed by atoms with van der Waals surface area (Å²) < 4.78 is 30.9. The van der Waals surface area contributed by atoms with Crippen LogP contribution in [0.1, 0.15) is 12.5 Å². The van der Waals surface area contributed by atoms with Gasteiger partial charge in [-0.2, -0.15) is 0 Å². The first-order chi connectivity index (χ1) is 9.02. The lowest BCUT2D eigenvalue weighted by Crippen LogP contribution is -2.40. The van der Waals surface area contributed by atoms with Gasteiger partial charge in [-0.25, -0.2) is 8.78 Å². The molecule has 106 valence electrons. The zero-order chi connectivity index (χ0) is 14.3. The number of hydrogen-bond acceptors (Lipinski definition) is 3. The van der Waals surface area contributed by atoms with Crippen LogP contribution in [0.25, 0.3) is 0 Å². The highest BCUT2D eigenvalue weighted by Gasteiger charge is 2.07. The molecular formula is C13H18F2N2O2. The van der Waals surface area contributed by atoms with Crippen molar-refractivity contribution in [1.82, 2.24) is 10.6 Å². The van der Waals surface area contributed by atoms with Crippen LogP contribution in [0.3, 0.4) is 0 Å². The van der Waals surface area contributed by atoms with Crippen molar-refractivity contribution in [2.45, 2.75) is 19.5 Å². The van der Waals surface area contributed by atoms with Gasteiger partial charge in [-0.1, -0.05) is 6.07 Å². The molecular weight excluding hydrogens is 254 g/mol. The van der Waals surface area contributed by atoms with Crippen LogP contribution in [0.4, 0.5) is 8.78 Å². The average Bonchev–Trinajstić information content (AvgIpc) is 2.32. The predicted molar refractivity (Wildman–Crippen MR) is 67.5 cm³/mol. The van der Waals surface area contributed by atoms with E-state index in [9.17, 15) is 13.6 Å². The molecule has 0 aliphatic rings. The van der Waals surface area contributed by atoms with Gasteiger partial charge in [-0.3, -0.25) is 4.79 Å². The molecule has 1 aromatic carbocycles. The number of methoxy groups -OCH3 is 1. The summed E-state index contributed by atoms with van der Waals surface area (Å²) in [4.78, 5) is 11.5. The van der Waals surface area contributed by atoms with Crippen molar-refractivity contribution in [3.63, 3.8) is 0 Å². The summed E-state index contributed by atoms with van der Waals surface area (Å²) in [5.41, 5.74) is 0.319. The second-order valence-electron chi connectivity index (χ2n) is 4.26. The molecule has 1 unspecified atom stereocenters. The van der Waals surface area contributed by atoms with E-state index in [0.29, 0.717) is 12.2 Å². The Balaban J connectivity index is 2.31. The van der Waals surface area contributed by atoms with Gasteiger partial charge in [0.05, 0.1) is 13.2 Å². The molecule has 1 amide bonds. The molecule has 4 nitrogen and oxygen atoms in total. The van der Waals surface area contributed by atoms with Crippen molar-refractivity contribution in [2.24, 2.45) is 0 Å². The number of rotatable bonds is 7. The molecule has 0 aliphatic carbocycles. The Morgan fingerprint density at radius 1 is 1.42 bits per heavy atom. The first-order valence-electron chi connectivity index (χ1n) is 5.96. The Morgan fingerprint density at radius 2 is 2.16 bits per heavy atom. The van der Waals surface area contributed by atoms with Crippen LogP contribution < -0.4 is 10.6 Å². The number of carbonyl (C=O) groups is 1. The number of amides is 1. The van der Waals surface area contributed by atoms with Gasteiger partial charge in [0.1, 0.15) is 11.6 Å². The van der Waals surface area contributed by atoms with Crippen LogP contribution in [0.15, 0.2) is 18.2 Å². The molecule has 1 aromatic rings. The van der Waals surface area contributed by atoms with Gasteiger partial charge in [-0.15, -0.1) is 0 Å². The highest BCUT2D eigenvalue weighted by Crippen LogP contribution is 2.08. The van der Waals surface area contributed by atoms with Gasteiger partial charge in [0, 0.05) is 31.3 Å². The normalized spacial score (nSPS) is 12.2. The Hall–Kier alpha value is -1.53. The topological polar surface area (TPSA) is 50.4 Å². The summed E-state index contributed by atoms with van der Waals surface area (Å²) in [5.74, 6) is -1.44. The molecule has 0 aliphatic heterocycles. The van der Waals surface area contributed by atoms with Crippen molar-refractivity contribution in [2.75, 3.05) is 20.3 Å². The molecule has 6 heteroatoms. The van der Waals surface area contributed by atoms with Crippen molar-refractivity contribution < 1.29 is 18.3 Å². The minimum atomic E-state index is -0.624. The molecule has 0 saturated heterocycles. The Bertz CT molecular complexity index is 427. The van der Waals surface area contributed by atoms with Gasteiger partial charge in [0.25, 0.3) is 0 Å². The molecule has 0 bridgehead atoms. The van der Waals surface area contributed by atoms with Crippen molar-refractivity contribution in [3.05, 3.63) is 35.4 Å². The third-order valence-corrected chi connectivity index (χ3v) is 2.44. The SMILES string of the molecule is COCC(C)NC(=O)CNCc1ccc(F)cc1F. The number of hydrogen-bond donors (Lipinski definition) is 2. The number of ether oxygens (including phenoxy) is 1. The van der Waals surface area contributed by atoms with E-state index in [4.69, 9.17) is 4.74 Å². The molecule has 0 heterocycles. The summed E-state index contributed by atoms with van der Waals surface area (Å²) in [6, 6.07) is 3.27. The van der Waals surface area contributed by atoms with Gasteiger partial charge in [0.2, 0.25) is 5.91 Å². The largest absolute Gasteiger partial charge is 0.383 e. The molecule has 19 heavy (non-hydrogen) atoms. The van der Waals surface area contributed by atoms with Crippen LogP contribution >= 0.6 is 0 Å². The maximum absolute atomic E-state index is 13.3. The van der Waals surface area contributed by atoms with Crippen molar-refractivity contribution in [3.8, 4) is 0 Å². The van der Waals surface area contributed by atoms with Crippen LogP contribution in [0.5, 0.6) is 0 Å². The van der Waals surface area contributed by atoms with Crippen LogP contribution in [0, 0.1) is 11.6 Å². The van der Waals surface area contributed by atoms with Gasteiger partial charge < -0.3 is 15.4 Å². The third kappa shape index (κ3) is 5.76. The predicted octanol–water partition coefficient (Wildman–Crippen LogP) is 1.21. The summed E-state index contributed by atoms with van der Waals surface area (Å²) in [7, 11) is 1.55. The Morgan fingerprint density at radius 3 is 2.79 bits per heavy atom. The molecule has 0 saturated carbocycles. The highest BCUT2D eigenvalue weighted by molar-refractivity contribution is 5.78. The molecule has 0 fully saturated rings. The fourth-order valence-electron chi connectivity index (χ4n) is 1.59. The quantitative estimate of drug-likeness (QED) is 0.784. The standard InChI is InChI=1S/C13H18F2N2O2/c1-9(8-19-2)17-13(18)7-16-6-10-3-4-11(14)5-12(10)15/h3-5,9,16H,6-8H2,1-2H3,(H,17,18). The van der Waals surface area contributed by atoms with Gasteiger partial charge in [0.15, 0.2) is 0 Å². The minimum absolute atomic E-state index is 0.0604. The second-order valence-corrected chi connectivity index (χ2v) is 4.26. The number of halogens is 2. The van der Waals surface area contributed by atoms with E-state index in [-0.39, 0.29) is 25.0 Å². The number of carbonyl (C=O) groups excluding carboxylic acids is 1. The smallest absolute Gasteiger partial charge is 0.234 e. The van der Waals surface area contributed by atoms with Crippen molar-refractivity contribution in [1.29, 1.82) is 0 Å².